The van der Waals surface area contributed by atoms with Crippen molar-refractivity contribution in [1.29, 1.82) is 0 Å². The van der Waals surface area contributed by atoms with Crippen molar-refractivity contribution in [2.45, 2.75) is 33.2 Å². The number of aryl methyl sites for hydroxylation is 2. The van der Waals surface area contributed by atoms with Crippen molar-refractivity contribution in [3.8, 4) is 0 Å². The second kappa shape index (κ2) is 7.66. The van der Waals surface area contributed by atoms with Gasteiger partial charge in [-0.05, 0) is 50.0 Å². The fraction of sp³-hybridized carbons (Fsp3) is 0.318. The summed E-state index contributed by atoms with van der Waals surface area (Å²) >= 11 is 0. The monoisotopic (exact) mass is 334 g/mol. The molecule has 1 amide bonds. The summed E-state index contributed by atoms with van der Waals surface area (Å²) in [5, 5.41) is 3.08. The van der Waals surface area contributed by atoms with E-state index in [9.17, 15) is 4.79 Å². The highest BCUT2D eigenvalue weighted by atomic mass is 16.2. The molecule has 1 aliphatic heterocycles. The topological polar surface area (TPSA) is 32.3 Å². The first kappa shape index (κ1) is 17.4. The van der Waals surface area contributed by atoms with Gasteiger partial charge >= 0.3 is 0 Å². The minimum absolute atomic E-state index is 0.0588. The first-order valence-corrected chi connectivity index (χ1v) is 8.91. The minimum atomic E-state index is -0.144. The van der Waals surface area contributed by atoms with E-state index in [2.05, 4.69) is 53.5 Å². The number of benzene rings is 2. The predicted octanol–water partition coefficient (Wildman–Crippen LogP) is 4.42. The molecule has 25 heavy (non-hydrogen) atoms. The molecule has 1 aliphatic rings. The van der Waals surface area contributed by atoms with Crippen LogP contribution < -0.4 is 5.32 Å². The Balaban J connectivity index is 1.63. The maximum absolute atomic E-state index is 12.6. The van der Waals surface area contributed by atoms with Crippen LogP contribution in [0.2, 0.25) is 0 Å². The summed E-state index contributed by atoms with van der Waals surface area (Å²) in [5.74, 6) is 0.0588. The third-order valence-corrected chi connectivity index (χ3v) is 4.95. The molecular formula is C22H26N2O. The lowest BCUT2D eigenvalue weighted by Crippen LogP contribution is -2.44. The lowest BCUT2D eigenvalue weighted by Gasteiger charge is -2.31. The normalized spacial score (nSPS) is 16.2. The Morgan fingerprint density at radius 3 is 2.52 bits per heavy atom. The maximum atomic E-state index is 12.6. The molecule has 3 rings (SSSR count). The largest absolute Gasteiger partial charge is 0.324 e. The van der Waals surface area contributed by atoms with Gasteiger partial charge in [0.05, 0.1) is 6.04 Å². The molecular weight excluding hydrogens is 308 g/mol. The molecule has 0 bridgehead atoms. The summed E-state index contributed by atoms with van der Waals surface area (Å²) in [5.41, 5.74) is 5.87. The van der Waals surface area contributed by atoms with Gasteiger partial charge in [0.25, 0.3) is 0 Å². The Hall–Kier alpha value is -2.39. The van der Waals surface area contributed by atoms with Crippen LogP contribution >= 0.6 is 0 Å². The molecule has 1 heterocycles. The second-order valence-electron chi connectivity index (χ2n) is 6.82. The number of nitrogens with zero attached hydrogens (tertiary/aromatic N) is 1. The van der Waals surface area contributed by atoms with E-state index in [1.165, 1.54) is 16.7 Å². The summed E-state index contributed by atoms with van der Waals surface area (Å²) < 4.78 is 0. The molecule has 1 N–H and O–H groups in total. The molecule has 0 unspecified atom stereocenters. The molecule has 0 fully saturated rings. The number of amides is 1. The quantitative estimate of drug-likeness (QED) is 0.897. The third-order valence-electron chi connectivity index (χ3n) is 4.95. The predicted molar refractivity (Wildman–Crippen MR) is 105 cm³/mol. The van der Waals surface area contributed by atoms with Crippen LogP contribution in [0.4, 0.5) is 5.69 Å². The zero-order chi connectivity index (χ0) is 17.8. The van der Waals surface area contributed by atoms with Gasteiger partial charge in [0.2, 0.25) is 5.91 Å². The van der Waals surface area contributed by atoms with E-state index in [0.29, 0.717) is 0 Å². The number of hydrogen-bond acceptors (Lipinski definition) is 2. The van der Waals surface area contributed by atoms with Gasteiger partial charge < -0.3 is 5.32 Å². The Morgan fingerprint density at radius 2 is 1.88 bits per heavy atom. The highest BCUT2D eigenvalue weighted by Gasteiger charge is 2.23. The van der Waals surface area contributed by atoms with Crippen LogP contribution in [-0.2, 0) is 4.79 Å². The molecule has 0 saturated heterocycles. The molecule has 0 aliphatic carbocycles. The average Bonchev–Trinajstić information content (AvgIpc) is 2.64. The summed E-state index contributed by atoms with van der Waals surface area (Å²) in [6.07, 6.45) is 3.23. The summed E-state index contributed by atoms with van der Waals surface area (Å²) in [4.78, 5) is 14.9. The van der Waals surface area contributed by atoms with Gasteiger partial charge in [-0.2, -0.15) is 0 Å². The molecule has 130 valence electrons. The maximum Gasteiger partial charge on any atom is 0.241 e. The highest BCUT2D eigenvalue weighted by molar-refractivity contribution is 5.95. The fourth-order valence-corrected chi connectivity index (χ4v) is 3.31. The molecule has 0 radical (unpaired) electrons. The number of carbonyl (C=O) groups excluding carboxylic acids is 1. The van der Waals surface area contributed by atoms with Gasteiger partial charge in [-0.1, -0.05) is 54.1 Å². The number of hydrogen-bond donors (Lipinski definition) is 1. The molecule has 2 aromatic rings. The smallest absolute Gasteiger partial charge is 0.241 e. The lowest BCUT2D eigenvalue weighted by molar-refractivity contribution is -0.120. The fourth-order valence-electron chi connectivity index (χ4n) is 3.31. The van der Waals surface area contributed by atoms with Crippen LogP contribution in [0.5, 0.6) is 0 Å². The highest BCUT2D eigenvalue weighted by Crippen LogP contribution is 2.23. The van der Waals surface area contributed by atoms with Crippen molar-refractivity contribution >= 4 is 17.2 Å². The van der Waals surface area contributed by atoms with Gasteiger partial charge in [0, 0.05) is 18.8 Å². The Bertz CT molecular complexity index is 780. The SMILES string of the molecule is Cc1ccc(NC(=O)[C@@H](C)N2CC=C(c3ccccc3)CC2)c(C)c1. The van der Waals surface area contributed by atoms with Crippen molar-refractivity contribution in [1.82, 2.24) is 4.90 Å². The zero-order valence-electron chi connectivity index (χ0n) is 15.3. The van der Waals surface area contributed by atoms with Gasteiger partial charge in [-0.15, -0.1) is 0 Å². The van der Waals surface area contributed by atoms with Crippen LogP contribution in [0.15, 0.2) is 54.6 Å². The van der Waals surface area contributed by atoms with E-state index in [1.807, 2.05) is 32.0 Å². The second-order valence-corrected chi connectivity index (χ2v) is 6.82. The Morgan fingerprint density at radius 1 is 1.12 bits per heavy atom. The van der Waals surface area contributed by atoms with E-state index in [0.717, 1.165) is 30.8 Å². The average molecular weight is 334 g/mol. The molecule has 1 atom stereocenters. The van der Waals surface area contributed by atoms with Crippen LogP contribution in [-0.4, -0.2) is 29.9 Å². The van der Waals surface area contributed by atoms with Crippen molar-refractivity contribution in [3.05, 3.63) is 71.3 Å². The zero-order valence-corrected chi connectivity index (χ0v) is 15.3. The van der Waals surface area contributed by atoms with Gasteiger partial charge in [-0.3, -0.25) is 9.69 Å². The summed E-state index contributed by atoms with van der Waals surface area (Å²) in [6, 6.07) is 16.5. The molecule has 0 saturated carbocycles. The summed E-state index contributed by atoms with van der Waals surface area (Å²) in [6.45, 7) is 7.79. The standard InChI is InChI=1S/C22H26N2O/c1-16-9-10-21(17(2)15-16)23-22(25)18(3)24-13-11-20(12-14-24)19-7-5-4-6-8-19/h4-11,15,18H,12-14H2,1-3H3,(H,23,25)/t18-/m1/s1. The van der Waals surface area contributed by atoms with Crippen molar-refractivity contribution in [3.63, 3.8) is 0 Å². The number of anilines is 1. The van der Waals surface area contributed by atoms with Gasteiger partial charge in [0.1, 0.15) is 0 Å². The first-order valence-electron chi connectivity index (χ1n) is 8.91. The van der Waals surface area contributed by atoms with E-state index in [-0.39, 0.29) is 11.9 Å². The van der Waals surface area contributed by atoms with Crippen molar-refractivity contribution < 1.29 is 4.79 Å². The minimum Gasteiger partial charge on any atom is -0.324 e. The Kier molecular flexibility index (Phi) is 5.34. The molecule has 3 heteroatoms. The molecule has 0 aromatic heterocycles. The number of carbonyl (C=O) groups is 1. The van der Waals surface area contributed by atoms with Crippen LogP contribution in [0, 0.1) is 13.8 Å². The molecule has 2 aromatic carbocycles. The van der Waals surface area contributed by atoms with Crippen molar-refractivity contribution in [2.24, 2.45) is 0 Å². The van der Waals surface area contributed by atoms with Gasteiger partial charge in [0.15, 0.2) is 0 Å². The first-order chi connectivity index (χ1) is 12.0. The molecule has 3 nitrogen and oxygen atoms in total. The van der Waals surface area contributed by atoms with Gasteiger partial charge in [-0.25, -0.2) is 0 Å². The third kappa shape index (κ3) is 4.18. The number of nitrogens with one attached hydrogen (secondary N) is 1. The van der Waals surface area contributed by atoms with E-state index in [4.69, 9.17) is 0 Å². The van der Waals surface area contributed by atoms with E-state index >= 15 is 0 Å². The Labute approximate surface area is 150 Å². The number of rotatable bonds is 4. The van der Waals surface area contributed by atoms with E-state index < -0.39 is 0 Å². The molecule has 0 spiro atoms. The summed E-state index contributed by atoms with van der Waals surface area (Å²) in [7, 11) is 0. The van der Waals surface area contributed by atoms with E-state index in [1.54, 1.807) is 0 Å². The van der Waals surface area contributed by atoms with Crippen LogP contribution in [0.25, 0.3) is 5.57 Å². The van der Waals surface area contributed by atoms with Crippen LogP contribution in [0.1, 0.15) is 30.0 Å². The van der Waals surface area contributed by atoms with Crippen LogP contribution in [0.3, 0.4) is 0 Å². The van der Waals surface area contributed by atoms with Crippen molar-refractivity contribution in [2.75, 3.05) is 18.4 Å². The lowest BCUT2D eigenvalue weighted by atomic mass is 9.99.